The predicted octanol–water partition coefficient (Wildman–Crippen LogP) is 4.82. The molecule has 0 saturated carbocycles. The van der Waals surface area contributed by atoms with E-state index in [1.54, 1.807) is 5.01 Å². The molecule has 0 spiro atoms. The Morgan fingerprint density at radius 3 is 2.10 bits per heavy atom. The van der Waals surface area contributed by atoms with Crippen LogP contribution in [0.15, 0.2) is 72.8 Å². The standard InChI is InChI=1S/C31H39N5O2.2ClH/c1-23(2)32-16-17-33-30(37)21-35(29-18-26(15-14-24(29)3)25-10-6-5-7-11-25)22-31(38)34(4)36-19-27-12-8-9-13-28(27)20-36;;/h5-15,18,23,32H,16-17,19-22H2,1-4H3,(H,33,37);2*1H. The van der Waals surface area contributed by atoms with Crippen LogP contribution in [0.4, 0.5) is 5.69 Å². The topological polar surface area (TPSA) is 67.9 Å². The van der Waals surface area contributed by atoms with Crippen molar-refractivity contribution in [2.24, 2.45) is 0 Å². The van der Waals surface area contributed by atoms with E-state index >= 15 is 0 Å². The fraction of sp³-hybridized carbons (Fsp3) is 0.355. The zero-order chi connectivity index (χ0) is 27.1. The minimum absolute atomic E-state index is 0. The second kappa shape index (κ2) is 15.6. The average molecular weight is 587 g/mol. The highest BCUT2D eigenvalue weighted by Gasteiger charge is 2.27. The number of anilines is 1. The number of benzene rings is 3. The van der Waals surface area contributed by atoms with E-state index in [-0.39, 0.29) is 49.7 Å². The summed E-state index contributed by atoms with van der Waals surface area (Å²) in [6, 6.07) is 25.0. The van der Waals surface area contributed by atoms with E-state index < -0.39 is 0 Å². The second-order valence-corrected chi connectivity index (χ2v) is 10.2. The van der Waals surface area contributed by atoms with Gasteiger partial charge in [0.05, 0.1) is 13.1 Å². The van der Waals surface area contributed by atoms with E-state index in [9.17, 15) is 9.59 Å². The highest BCUT2D eigenvalue weighted by Crippen LogP contribution is 2.29. The monoisotopic (exact) mass is 585 g/mol. The van der Waals surface area contributed by atoms with Crippen molar-refractivity contribution < 1.29 is 9.59 Å². The molecule has 9 heteroatoms. The molecule has 0 aliphatic carbocycles. The van der Waals surface area contributed by atoms with Gasteiger partial charge in [0.15, 0.2) is 0 Å². The highest BCUT2D eigenvalue weighted by atomic mass is 35.5. The third kappa shape index (κ3) is 8.70. The summed E-state index contributed by atoms with van der Waals surface area (Å²) in [5, 5.41) is 10.1. The van der Waals surface area contributed by atoms with Gasteiger partial charge in [-0.25, -0.2) is 5.01 Å². The van der Waals surface area contributed by atoms with Gasteiger partial charge in [-0.1, -0.05) is 80.6 Å². The van der Waals surface area contributed by atoms with Gasteiger partial charge >= 0.3 is 0 Å². The Morgan fingerprint density at radius 2 is 1.48 bits per heavy atom. The smallest absolute Gasteiger partial charge is 0.256 e. The summed E-state index contributed by atoms with van der Waals surface area (Å²) >= 11 is 0. The lowest BCUT2D eigenvalue weighted by Crippen LogP contribution is -2.48. The number of nitrogens with one attached hydrogen (secondary N) is 2. The molecule has 3 aromatic carbocycles. The normalized spacial score (nSPS) is 12.2. The SMILES string of the molecule is Cc1ccc(-c2ccccc2)cc1N(CC(=O)NCCNC(C)C)CC(=O)N(C)N1Cc2ccccc2C1.Cl.Cl. The van der Waals surface area contributed by atoms with Crippen molar-refractivity contribution in [3.05, 3.63) is 89.5 Å². The number of carbonyl (C=O) groups excluding carboxylic acids is 2. The molecule has 3 aromatic rings. The van der Waals surface area contributed by atoms with Gasteiger partial charge in [0, 0.05) is 45.0 Å². The first kappa shape index (κ1) is 33.1. The number of rotatable bonds is 11. The quantitative estimate of drug-likeness (QED) is 0.316. The molecular formula is C31H41Cl2N5O2. The number of carbonyl (C=O) groups is 2. The zero-order valence-electron chi connectivity index (χ0n) is 23.7. The molecule has 0 atom stereocenters. The average Bonchev–Trinajstić information content (AvgIpc) is 3.35. The minimum atomic E-state index is -0.107. The maximum Gasteiger partial charge on any atom is 0.256 e. The van der Waals surface area contributed by atoms with Crippen molar-refractivity contribution in [1.29, 1.82) is 0 Å². The summed E-state index contributed by atoms with van der Waals surface area (Å²) in [4.78, 5) is 28.4. The summed E-state index contributed by atoms with van der Waals surface area (Å²) in [5.74, 6) is -0.166. The molecule has 0 bridgehead atoms. The largest absolute Gasteiger partial charge is 0.353 e. The predicted molar refractivity (Wildman–Crippen MR) is 168 cm³/mol. The lowest BCUT2D eigenvalue weighted by molar-refractivity contribution is -0.145. The van der Waals surface area contributed by atoms with Gasteiger partial charge in [0.2, 0.25) is 5.91 Å². The van der Waals surface area contributed by atoms with Crippen LogP contribution in [-0.4, -0.2) is 61.1 Å². The first-order valence-electron chi connectivity index (χ1n) is 13.3. The van der Waals surface area contributed by atoms with Crippen LogP contribution >= 0.6 is 24.8 Å². The molecule has 2 N–H and O–H groups in total. The Balaban J connectivity index is 0.00000280. The molecule has 7 nitrogen and oxygen atoms in total. The lowest BCUT2D eigenvalue weighted by Gasteiger charge is -2.32. The Labute approximate surface area is 250 Å². The first-order valence-corrected chi connectivity index (χ1v) is 13.3. The molecule has 0 saturated heterocycles. The summed E-state index contributed by atoms with van der Waals surface area (Å²) in [6.07, 6.45) is 0. The van der Waals surface area contributed by atoms with Gasteiger partial charge in [0.25, 0.3) is 5.91 Å². The number of aryl methyl sites for hydroxylation is 1. The van der Waals surface area contributed by atoms with Crippen LogP contribution in [0.2, 0.25) is 0 Å². The van der Waals surface area contributed by atoms with Crippen LogP contribution in [0.3, 0.4) is 0 Å². The fourth-order valence-corrected chi connectivity index (χ4v) is 4.73. The number of nitrogens with zero attached hydrogens (tertiary/aromatic N) is 3. The number of fused-ring (bicyclic) bond motifs is 1. The van der Waals surface area contributed by atoms with Crippen LogP contribution in [0.1, 0.15) is 30.5 Å². The molecule has 1 aliphatic rings. The molecule has 2 amide bonds. The summed E-state index contributed by atoms with van der Waals surface area (Å²) in [6.45, 7) is 9.00. The molecule has 0 aromatic heterocycles. The fourth-order valence-electron chi connectivity index (χ4n) is 4.73. The van der Waals surface area contributed by atoms with E-state index in [4.69, 9.17) is 0 Å². The highest BCUT2D eigenvalue weighted by molar-refractivity contribution is 5.87. The van der Waals surface area contributed by atoms with Crippen molar-refractivity contribution in [2.45, 2.75) is 39.9 Å². The maximum absolute atomic E-state index is 13.5. The Bertz CT molecular complexity index is 1230. The van der Waals surface area contributed by atoms with Crippen LogP contribution in [-0.2, 0) is 22.7 Å². The molecule has 0 unspecified atom stereocenters. The summed E-state index contributed by atoms with van der Waals surface area (Å²) in [7, 11) is 1.82. The number of amides is 2. The van der Waals surface area contributed by atoms with Gasteiger partial charge < -0.3 is 15.5 Å². The van der Waals surface area contributed by atoms with E-state index in [0.29, 0.717) is 32.2 Å². The molecule has 1 heterocycles. The summed E-state index contributed by atoms with van der Waals surface area (Å²) < 4.78 is 0. The number of hydrazine groups is 1. The van der Waals surface area contributed by atoms with E-state index in [2.05, 4.69) is 72.0 Å². The van der Waals surface area contributed by atoms with Crippen molar-refractivity contribution in [1.82, 2.24) is 20.7 Å². The number of hydrogen-bond donors (Lipinski definition) is 2. The van der Waals surface area contributed by atoms with Crippen LogP contribution in [0.25, 0.3) is 11.1 Å². The van der Waals surface area contributed by atoms with Crippen LogP contribution in [0, 0.1) is 6.92 Å². The van der Waals surface area contributed by atoms with E-state index in [1.807, 2.05) is 49.2 Å². The minimum Gasteiger partial charge on any atom is -0.353 e. The molecule has 0 radical (unpaired) electrons. The van der Waals surface area contributed by atoms with Crippen molar-refractivity contribution in [3.8, 4) is 11.1 Å². The van der Waals surface area contributed by atoms with Gasteiger partial charge in [0.1, 0.15) is 0 Å². The van der Waals surface area contributed by atoms with Gasteiger partial charge in [-0.3, -0.25) is 14.6 Å². The number of likely N-dealkylation sites (N-methyl/N-ethyl adjacent to an activating group) is 1. The second-order valence-electron chi connectivity index (χ2n) is 10.2. The third-order valence-corrected chi connectivity index (χ3v) is 6.93. The maximum atomic E-state index is 13.5. The number of hydrogen-bond acceptors (Lipinski definition) is 5. The van der Waals surface area contributed by atoms with Crippen molar-refractivity contribution in [2.75, 3.05) is 38.1 Å². The zero-order valence-corrected chi connectivity index (χ0v) is 25.4. The van der Waals surface area contributed by atoms with Gasteiger partial charge in [-0.15, -0.1) is 24.8 Å². The molecule has 40 heavy (non-hydrogen) atoms. The van der Waals surface area contributed by atoms with Crippen LogP contribution < -0.4 is 15.5 Å². The molecule has 4 rings (SSSR count). The molecule has 1 aliphatic heterocycles. The van der Waals surface area contributed by atoms with Crippen LogP contribution in [0.5, 0.6) is 0 Å². The molecular weight excluding hydrogens is 545 g/mol. The summed E-state index contributed by atoms with van der Waals surface area (Å²) in [5.41, 5.74) is 6.52. The number of halogens is 2. The van der Waals surface area contributed by atoms with Gasteiger partial charge in [-0.2, -0.15) is 0 Å². The van der Waals surface area contributed by atoms with E-state index in [0.717, 1.165) is 22.4 Å². The Hall–Kier alpha value is -3.10. The van der Waals surface area contributed by atoms with E-state index in [1.165, 1.54) is 11.1 Å². The Morgan fingerprint density at radius 1 is 0.850 bits per heavy atom. The van der Waals surface area contributed by atoms with Gasteiger partial charge in [-0.05, 0) is 40.8 Å². The van der Waals surface area contributed by atoms with Crippen molar-refractivity contribution in [3.63, 3.8) is 0 Å². The van der Waals surface area contributed by atoms with Crippen molar-refractivity contribution >= 4 is 42.3 Å². The molecule has 216 valence electrons. The Kier molecular flexibility index (Phi) is 12.9. The molecule has 0 fully saturated rings. The third-order valence-electron chi connectivity index (χ3n) is 6.93. The lowest BCUT2D eigenvalue weighted by atomic mass is 10.0. The first-order chi connectivity index (χ1) is 18.3.